The second-order valence-electron chi connectivity index (χ2n) is 4.48. The average molecular weight is 309 g/mol. The van der Waals surface area contributed by atoms with Crippen LogP contribution in [0.25, 0.3) is 0 Å². The Labute approximate surface area is 128 Å². The zero-order valence-corrected chi connectivity index (χ0v) is 12.8. The molecule has 0 saturated heterocycles. The van der Waals surface area contributed by atoms with Crippen LogP contribution in [-0.4, -0.2) is 38.5 Å². The third-order valence-corrected chi connectivity index (χ3v) is 2.73. The Morgan fingerprint density at radius 2 is 1.82 bits per heavy atom. The van der Waals surface area contributed by atoms with Crippen LogP contribution in [0.5, 0.6) is 11.5 Å². The van der Waals surface area contributed by atoms with Gasteiger partial charge in [-0.2, -0.15) is 0 Å². The van der Waals surface area contributed by atoms with E-state index in [-0.39, 0.29) is 18.6 Å². The summed E-state index contributed by atoms with van der Waals surface area (Å²) in [5, 5.41) is 2.57. The molecule has 22 heavy (non-hydrogen) atoms. The van der Waals surface area contributed by atoms with E-state index in [0.29, 0.717) is 17.2 Å². The Bertz CT molecular complexity index is 555. The summed E-state index contributed by atoms with van der Waals surface area (Å²) in [6.07, 6.45) is 0.0647. The number of nitrogens with one attached hydrogen (secondary N) is 1. The van der Waals surface area contributed by atoms with E-state index >= 15 is 0 Å². The Kier molecular flexibility index (Phi) is 6.88. The summed E-state index contributed by atoms with van der Waals surface area (Å²) in [5.74, 6) is -0.209. The number of carbonyl (C=O) groups is 3. The van der Waals surface area contributed by atoms with Crippen molar-refractivity contribution in [3.63, 3.8) is 0 Å². The van der Waals surface area contributed by atoms with Crippen LogP contribution >= 0.6 is 0 Å². The third-order valence-electron chi connectivity index (χ3n) is 2.73. The summed E-state index contributed by atoms with van der Waals surface area (Å²) in [7, 11) is 2.98. The molecular formula is C15H19NO6. The lowest BCUT2D eigenvalue weighted by molar-refractivity contribution is -0.148. The Hall–Kier alpha value is -2.57. The number of methoxy groups -OCH3 is 2. The van der Waals surface area contributed by atoms with Gasteiger partial charge in [0.15, 0.2) is 6.61 Å². The number of rotatable bonds is 8. The van der Waals surface area contributed by atoms with Crippen LogP contribution in [0.4, 0.5) is 5.69 Å². The van der Waals surface area contributed by atoms with E-state index in [9.17, 15) is 14.4 Å². The maximum absolute atomic E-state index is 11.8. The van der Waals surface area contributed by atoms with Gasteiger partial charge in [-0.25, -0.2) is 0 Å². The maximum Gasteiger partial charge on any atom is 0.306 e. The van der Waals surface area contributed by atoms with E-state index < -0.39 is 18.5 Å². The molecule has 0 radical (unpaired) electrons. The van der Waals surface area contributed by atoms with Gasteiger partial charge in [-0.1, -0.05) is 0 Å². The van der Waals surface area contributed by atoms with Crippen molar-refractivity contribution in [1.29, 1.82) is 0 Å². The number of ketones is 1. The fourth-order valence-corrected chi connectivity index (χ4v) is 1.59. The molecular weight excluding hydrogens is 290 g/mol. The van der Waals surface area contributed by atoms with Crippen LogP contribution in [0.1, 0.15) is 19.8 Å². The highest BCUT2D eigenvalue weighted by Gasteiger charge is 2.12. The Morgan fingerprint density at radius 3 is 2.41 bits per heavy atom. The van der Waals surface area contributed by atoms with E-state index in [2.05, 4.69) is 5.32 Å². The number of esters is 1. The van der Waals surface area contributed by atoms with Crippen LogP contribution < -0.4 is 14.8 Å². The van der Waals surface area contributed by atoms with Gasteiger partial charge < -0.3 is 24.3 Å². The van der Waals surface area contributed by atoms with Gasteiger partial charge in [0.1, 0.15) is 17.3 Å². The lowest BCUT2D eigenvalue weighted by Crippen LogP contribution is -2.21. The van der Waals surface area contributed by atoms with Gasteiger partial charge in [0.2, 0.25) is 0 Å². The van der Waals surface area contributed by atoms with E-state index in [1.165, 1.54) is 21.1 Å². The molecule has 1 aromatic rings. The first kappa shape index (κ1) is 17.5. The molecule has 0 heterocycles. The van der Waals surface area contributed by atoms with Crippen molar-refractivity contribution < 1.29 is 28.6 Å². The number of amides is 1. The fraction of sp³-hybridized carbons (Fsp3) is 0.400. The van der Waals surface area contributed by atoms with Gasteiger partial charge in [0.05, 0.1) is 26.3 Å². The van der Waals surface area contributed by atoms with Crippen LogP contribution in [-0.2, 0) is 19.1 Å². The van der Waals surface area contributed by atoms with Crippen molar-refractivity contribution in [2.24, 2.45) is 0 Å². The van der Waals surface area contributed by atoms with E-state index in [0.717, 1.165) is 0 Å². The summed E-state index contributed by atoms with van der Waals surface area (Å²) in [6, 6.07) is 4.93. The largest absolute Gasteiger partial charge is 0.497 e. The summed E-state index contributed by atoms with van der Waals surface area (Å²) in [6.45, 7) is 0.951. The first-order chi connectivity index (χ1) is 10.5. The minimum absolute atomic E-state index is 0.0366. The number of anilines is 1. The third kappa shape index (κ3) is 5.82. The average Bonchev–Trinajstić information content (AvgIpc) is 2.50. The van der Waals surface area contributed by atoms with Gasteiger partial charge in [-0.15, -0.1) is 0 Å². The SMILES string of the molecule is COc1ccc(OC)c(NC(=O)COC(=O)CCC(C)=O)c1. The highest BCUT2D eigenvalue weighted by Crippen LogP contribution is 2.28. The van der Waals surface area contributed by atoms with E-state index in [1.54, 1.807) is 18.2 Å². The molecule has 0 unspecified atom stereocenters. The predicted octanol–water partition coefficient (Wildman–Crippen LogP) is 1.55. The molecule has 1 rings (SSSR count). The topological polar surface area (TPSA) is 90.9 Å². The van der Waals surface area contributed by atoms with Crippen molar-refractivity contribution in [2.75, 3.05) is 26.1 Å². The molecule has 7 nitrogen and oxygen atoms in total. The first-order valence-electron chi connectivity index (χ1n) is 6.63. The second-order valence-corrected chi connectivity index (χ2v) is 4.48. The van der Waals surface area contributed by atoms with Gasteiger partial charge in [-0.05, 0) is 19.1 Å². The molecule has 0 fully saturated rings. The van der Waals surface area contributed by atoms with Crippen molar-refractivity contribution in [2.45, 2.75) is 19.8 Å². The standard InChI is InChI=1S/C15H19NO6/c1-10(17)4-7-15(19)22-9-14(18)16-12-8-11(20-2)5-6-13(12)21-3/h5-6,8H,4,7,9H2,1-3H3,(H,16,18). The van der Waals surface area contributed by atoms with Gasteiger partial charge in [-0.3, -0.25) is 9.59 Å². The number of benzene rings is 1. The molecule has 0 aliphatic heterocycles. The van der Waals surface area contributed by atoms with Crippen LogP contribution in [0.3, 0.4) is 0 Å². The highest BCUT2D eigenvalue weighted by molar-refractivity contribution is 5.94. The quantitative estimate of drug-likeness (QED) is 0.733. The molecule has 0 aromatic heterocycles. The van der Waals surface area contributed by atoms with Gasteiger partial charge >= 0.3 is 5.97 Å². The molecule has 0 saturated carbocycles. The summed E-state index contributed by atoms with van der Waals surface area (Å²) >= 11 is 0. The molecule has 7 heteroatoms. The lowest BCUT2D eigenvalue weighted by Gasteiger charge is -2.11. The maximum atomic E-state index is 11.8. The van der Waals surface area contributed by atoms with Crippen molar-refractivity contribution in [1.82, 2.24) is 0 Å². The lowest BCUT2D eigenvalue weighted by atomic mass is 10.2. The van der Waals surface area contributed by atoms with Crippen LogP contribution in [0.15, 0.2) is 18.2 Å². The fourth-order valence-electron chi connectivity index (χ4n) is 1.59. The monoisotopic (exact) mass is 309 g/mol. The Balaban J connectivity index is 2.54. The summed E-state index contributed by atoms with van der Waals surface area (Å²) < 4.78 is 15.0. The smallest absolute Gasteiger partial charge is 0.306 e. The van der Waals surface area contributed by atoms with E-state index in [4.69, 9.17) is 14.2 Å². The zero-order valence-electron chi connectivity index (χ0n) is 12.8. The van der Waals surface area contributed by atoms with Gasteiger partial charge in [0.25, 0.3) is 5.91 Å². The highest BCUT2D eigenvalue weighted by atomic mass is 16.5. The molecule has 0 bridgehead atoms. The molecule has 1 N–H and O–H groups in total. The molecule has 0 atom stereocenters. The normalized spacial score (nSPS) is 9.77. The number of carbonyl (C=O) groups excluding carboxylic acids is 3. The molecule has 1 amide bonds. The molecule has 1 aromatic carbocycles. The zero-order chi connectivity index (χ0) is 16.5. The molecule has 120 valence electrons. The minimum atomic E-state index is -0.594. The number of Topliss-reactive ketones (excluding diaryl/α,β-unsaturated/α-hetero) is 1. The first-order valence-corrected chi connectivity index (χ1v) is 6.63. The minimum Gasteiger partial charge on any atom is -0.497 e. The predicted molar refractivity (Wildman–Crippen MR) is 79.0 cm³/mol. The number of hydrogen-bond donors (Lipinski definition) is 1. The molecule has 0 aliphatic rings. The van der Waals surface area contributed by atoms with Gasteiger partial charge in [0, 0.05) is 12.5 Å². The van der Waals surface area contributed by atoms with E-state index in [1.807, 2.05) is 0 Å². The summed E-state index contributed by atoms with van der Waals surface area (Å²) in [5.41, 5.74) is 0.409. The molecule has 0 spiro atoms. The van der Waals surface area contributed by atoms with Crippen LogP contribution in [0, 0.1) is 0 Å². The van der Waals surface area contributed by atoms with Crippen molar-refractivity contribution >= 4 is 23.3 Å². The van der Waals surface area contributed by atoms with Crippen LogP contribution in [0.2, 0.25) is 0 Å². The number of ether oxygens (including phenoxy) is 3. The Morgan fingerprint density at radius 1 is 1.09 bits per heavy atom. The second kappa shape index (κ2) is 8.66. The number of hydrogen-bond acceptors (Lipinski definition) is 6. The summed E-state index contributed by atoms with van der Waals surface area (Å²) in [4.78, 5) is 33.8. The van der Waals surface area contributed by atoms with Crippen molar-refractivity contribution in [3.8, 4) is 11.5 Å². The molecule has 0 aliphatic carbocycles. The van der Waals surface area contributed by atoms with Crippen molar-refractivity contribution in [3.05, 3.63) is 18.2 Å².